The summed E-state index contributed by atoms with van der Waals surface area (Å²) in [5, 5.41) is 5.77. The maximum atomic E-state index is 5.64. The van der Waals surface area contributed by atoms with Crippen LogP contribution in [0.3, 0.4) is 0 Å². The van der Waals surface area contributed by atoms with Gasteiger partial charge in [0.2, 0.25) is 0 Å². The smallest absolute Gasteiger partial charge is 0.0727 e. The molecule has 1 rings (SSSR count). The fourth-order valence-corrected chi connectivity index (χ4v) is 2.84. The highest BCUT2D eigenvalue weighted by atomic mass is 32.1. The Hall–Kier alpha value is -0.380. The van der Waals surface area contributed by atoms with Gasteiger partial charge >= 0.3 is 0 Å². The van der Waals surface area contributed by atoms with Crippen LogP contribution >= 0.6 is 11.3 Å². The second kappa shape index (κ2) is 8.67. The van der Waals surface area contributed by atoms with E-state index in [4.69, 9.17) is 4.74 Å². The zero-order chi connectivity index (χ0) is 12.5. The Balaban J connectivity index is 2.57. The molecule has 3 heteroatoms. The molecule has 2 unspecified atom stereocenters. The molecule has 0 aliphatic carbocycles. The average Bonchev–Trinajstić information content (AvgIpc) is 2.84. The van der Waals surface area contributed by atoms with Crippen molar-refractivity contribution in [3.8, 4) is 0 Å². The fourth-order valence-electron chi connectivity index (χ4n) is 2.08. The van der Waals surface area contributed by atoms with E-state index in [1.165, 1.54) is 17.7 Å². The Labute approximate surface area is 109 Å². The Kier molecular flexibility index (Phi) is 7.49. The molecule has 0 spiro atoms. The summed E-state index contributed by atoms with van der Waals surface area (Å²) in [5.74, 6) is 0. The minimum absolute atomic E-state index is 0.327. The molecule has 1 N–H and O–H groups in total. The van der Waals surface area contributed by atoms with Gasteiger partial charge in [-0.15, -0.1) is 11.3 Å². The summed E-state index contributed by atoms with van der Waals surface area (Å²) < 4.78 is 5.64. The quantitative estimate of drug-likeness (QED) is 0.729. The maximum Gasteiger partial charge on any atom is 0.0727 e. The van der Waals surface area contributed by atoms with Gasteiger partial charge in [-0.25, -0.2) is 0 Å². The van der Waals surface area contributed by atoms with Crippen molar-refractivity contribution in [2.75, 3.05) is 13.7 Å². The molecule has 1 aromatic heterocycles. The second-order valence-corrected chi connectivity index (χ2v) is 5.44. The lowest BCUT2D eigenvalue weighted by molar-refractivity contribution is 0.0611. The van der Waals surface area contributed by atoms with E-state index < -0.39 is 0 Å². The summed E-state index contributed by atoms with van der Waals surface area (Å²) >= 11 is 1.84. The third-order valence-corrected chi connectivity index (χ3v) is 3.88. The van der Waals surface area contributed by atoms with E-state index in [-0.39, 0.29) is 0 Å². The van der Waals surface area contributed by atoms with Crippen LogP contribution in [0.25, 0.3) is 0 Å². The largest absolute Gasteiger partial charge is 0.380 e. The van der Waals surface area contributed by atoms with Gasteiger partial charge in [0.1, 0.15) is 0 Å². The topological polar surface area (TPSA) is 21.3 Å². The minimum atomic E-state index is 0.327. The molecular formula is C14H25NOS. The molecule has 1 aromatic rings. The van der Waals surface area contributed by atoms with Crippen LogP contribution in [0.15, 0.2) is 17.5 Å². The molecule has 1 heterocycles. The zero-order valence-corrected chi connectivity index (χ0v) is 12.1. The number of thiophene rings is 1. The number of ether oxygens (including phenoxy) is 1. The average molecular weight is 255 g/mol. The standard InChI is InChI=1S/C14H25NOS/c1-4-7-14(16-3)13(15-9-5-2)11-12-8-6-10-17-12/h6,8,10,13-15H,4-5,7,9,11H2,1-3H3. The molecule has 0 bridgehead atoms. The van der Waals surface area contributed by atoms with Crippen molar-refractivity contribution in [3.63, 3.8) is 0 Å². The van der Waals surface area contributed by atoms with Crippen molar-refractivity contribution in [3.05, 3.63) is 22.4 Å². The normalized spacial score (nSPS) is 14.8. The molecule has 0 fully saturated rings. The van der Waals surface area contributed by atoms with E-state index in [1.807, 2.05) is 18.4 Å². The van der Waals surface area contributed by atoms with Crippen molar-refractivity contribution in [2.24, 2.45) is 0 Å². The van der Waals surface area contributed by atoms with Gasteiger partial charge in [-0.05, 0) is 37.3 Å². The van der Waals surface area contributed by atoms with Crippen LogP contribution in [0.1, 0.15) is 38.0 Å². The molecule has 0 aliphatic heterocycles. The van der Waals surface area contributed by atoms with Crippen molar-refractivity contribution in [1.29, 1.82) is 0 Å². The monoisotopic (exact) mass is 255 g/mol. The van der Waals surface area contributed by atoms with E-state index in [2.05, 4.69) is 36.7 Å². The Morgan fingerprint density at radius 3 is 2.71 bits per heavy atom. The number of rotatable bonds is 9. The maximum absolute atomic E-state index is 5.64. The molecule has 0 saturated carbocycles. The predicted molar refractivity (Wildman–Crippen MR) is 75.8 cm³/mol. The van der Waals surface area contributed by atoms with Gasteiger partial charge in [-0.1, -0.05) is 26.3 Å². The minimum Gasteiger partial charge on any atom is -0.380 e. The summed E-state index contributed by atoms with van der Waals surface area (Å²) in [6.45, 7) is 5.49. The molecule has 17 heavy (non-hydrogen) atoms. The number of methoxy groups -OCH3 is 1. The van der Waals surface area contributed by atoms with Crippen molar-refractivity contribution >= 4 is 11.3 Å². The number of hydrogen-bond donors (Lipinski definition) is 1. The fraction of sp³-hybridized carbons (Fsp3) is 0.714. The van der Waals surface area contributed by atoms with Crippen LogP contribution in [0.2, 0.25) is 0 Å². The van der Waals surface area contributed by atoms with Crippen molar-refractivity contribution in [2.45, 2.75) is 51.7 Å². The molecule has 2 nitrogen and oxygen atoms in total. The van der Waals surface area contributed by atoms with Crippen molar-refractivity contribution < 1.29 is 4.74 Å². The lowest BCUT2D eigenvalue weighted by Gasteiger charge is -2.26. The van der Waals surface area contributed by atoms with Crippen molar-refractivity contribution in [1.82, 2.24) is 5.32 Å². The van der Waals surface area contributed by atoms with Gasteiger partial charge in [0.15, 0.2) is 0 Å². The molecule has 2 atom stereocenters. The first-order chi connectivity index (χ1) is 8.31. The van der Waals surface area contributed by atoms with Crippen LogP contribution in [-0.2, 0) is 11.2 Å². The lowest BCUT2D eigenvalue weighted by atomic mass is 10.0. The second-order valence-electron chi connectivity index (χ2n) is 4.41. The molecule has 0 aliphatic rings. The first-order valence-electron chi connectivity index (χ1n) is 6.60. The molecule has 0 aromatic carbocycles. The summed E-state index contributed by atoms with van der Waals surface area (Å²) in [5.41, 5.74) is 0. The van der Waals surface area contributed by atoms with Gasteiger partial charge in [0, 0.05) is 18.0 Å². The third-order valence-electron chi connectivity index (χ3n) is 2.98. The SMILES string of the molecule is CCCNC(Cc1cccs1)C(CCC)OC. The van der Waals surface area contributed by atoms with E-state index in [0.29, 0.717) is 12.1 Å². The predicted octanol–water partition coefficient (Wildman–Crippen LogP) is 3.47. The van der Waals surface area contributed by atoms with Gasteiger partial charge in [-0.3, -0.25) is 0 Å². The highest BCUT2D eigenvalue weighted by Crippen LogP contribution is 2.16. The Morgan fingerprint density at radius 1 is 1.35 bits per heavy atom. The molecule has 0 saturated heterocycles. The number of nitrogens with one attached hydrogen (secondary N) is 1. The van der Waals surface area contributed by atoms with Gasteiger partial charge < -0.3 is 10.1 Å². The van der Waals surface area contributed by atoms with E-state index in [9.17, 15) is 0 Å². The summed E-state index contributed by atoms with van der Waals surface area (Å²) in [6.07, 6.45) is 4.88. The van der Waals surface area contributed by atoms with Crippen LogP contribution < -0.4 is 5.32 Å². The summed E-state index contributed by atoms with van der Waals surface area (Å²) in [7, 11) is 1.83. The lowest BCUT2D eigenvalue weighted by Crippen LogP contribution is -2.42. The highest BCUT2D eigenvalue weighted by Gasteiger charge is 2.20. The van der Waals surface area contributed by atoms with Gasteiger partial charge in [0.05, 0.1) is 6.10 Å². The first-order valence-corrected chi connectivity index (χ1v) is 7.48. The van der Waals surface area contributed by atoms with Crippen LogP contribution in [-0.4, -0.2) is 25.8 Å². The first kappa shape index (κ1) is 14.7. The highest BCUT2D eigenvalue weighted by molar-refractivity contribution is 7.09. The van der Waals surface area contributed by atoms with Gasteiger partial charge in [0.25, 0.3) is 0 Å². The Bertz CT molecular complexity index is 274. The van der Waals surface area contributed by atoms with E-state index in [0.717, 1.165) is 19.4 Å². The Morgan fingerprint density at radius 2 is 2.18 bits per heavy atom. The molecule has 0 radical (unpaired) electrons. The van der Waals surface area contributed by atoms with Crippen LogP contribution in [0.4, 0.5) is 0 Å². The number of hydrogen-bond acceptors (Lipinski definition) is 3. The van der Waals surface area contributed by atoms with Crippen LogP contribution in [0.5, 0.6) is 0 Å². The van der Waals surface area contributed by atoms with E-state index in [1.54, 1.807) is 0 Å². The van der Waals surface area contributed by atoms with E-state index >= 15 is 0 Å². The van der Waals surface area contributed by atoms with Gasteiger partial charge in [-0.2, -0.15) is 0 Å². The molecule has 0 amide bonds. The summed E-state index contributed by atoms with van der Waals surface area (Å²) in [4.78, 5) is 1.44. The summed E-state index contributed by atoms with van der Waals surface area (Å²) in [6, 6.07) is 4.78. The molecular weight excluding hydrogens is 230 g/mol. The zero-order valence-electron chi connectivity index (χ0n) is 11.2. The molecule has 98 valence electrons. The third kappa shape index (κ3) is 5.19. The van der Waals surface area contributed by atoms with Crippen LogP contribution in [0, 0.1) is 0 Å².